The number of carbonyl (C=O) groups excluding carboxylic acids is 3. The minimum absolute atomic E-state index is 0.0524. The molecule has 200 valence electrons. The Morgan fingerprint density at radius 1 is 1.13 bits per heavy atom. The Morgan fingerprint density at radius 3 is 2.42 bits per heavy atom. The molecule has 4 rings (SSSR count). The van der Waals surface area contributed by atoms with E-state index in [4.69, 9.17) is 16.2 Å². The number of benzene rings is 2. The summed E-state index contributed by atoms with van der Waals surface area (Å²) in [5, 5.41) is 2.99. The van der Waals surface area contributed by atoms with Crippen molar-refractivity contribution < 1.29 is 19.1 Å². The number of primary amides is 1. The first-order valence-electron chi connectivity index (χ1n) is 12.3. The monoisotopic (exact) mass is 536 g/mol. The lowest BCUT2D eigenvalue weighted by Crippen LogP contribution is -2.45. The van der Waals surface area contributed by atoms with E-state index in [0.29, 0.717) is 18.7 Å². The summed E-state index contributed by atoms with van der Waals surface area (Å²) >= 11 is 0.791. The summed E-state index contributed by atoms with van der Waals surface area (Å²) in [5.74, 6) is -1.69. The number of amides is 3. The highest BCUT2D eigenvalue weighted by atomic mass is 32.1. The largest absolute Gasteiger partial charge is 0.395 e. The van der Waals surface area contributed by atoms with Gasteiger partial charge in [0.15, 0.2) is 5.69 Å². The number of anilines is 2. The normalized spacial score (nSPS) is 15.6. The maximum Gasteiger partial charge on any atom is 0.270 e. The van der Waals surface area contributed by atoms with Gasteiger partial charge in [-0.25, -0.2) is 0 Å². The number of nitrogens with one attached hydrogen (secondary N) is 1. The first kappa shape index (κ1) is 27.1. The smallest absolute Gasteiger partial charge is 0.270 e. The summed E-state index contributed by atoms with van der Waals surface area (Å²) in [4.78, 5) is 43.0. The summed E-state index contributed by atoms with van der Waals surface area (Å²) in [6.07, 6.45) is 1.74. The van der Waals surface area contributed by atoms with Crippen LogP contribution in [0, 0.1) is 0 Å². The van der Waals surface area contributed by atoms with Crippen LogP contribution in [0.1, 0.15) is 50.2 Å². The molecule has 0 radical (unpaired) electrons. The average molecular weight is 537 g/mol. The van der Waals surface area contributed by atoms with Crippen LogP contribution < -0.4 is 21.7 Å². The van der Waals surface area contributed by atoms with E-state index < -0.39 is 17.9 Å². The molecule has 0 saturated carbocycles. The fraction of sp³-hybridized carbons (Fsp3) is 0.333. The zero-order chi connectivity index (χ0) is 27.2. The van der Waals surface area contributed by atoms with E-state index in [2.05, 4.69) is 9.69 Å². The lowest BCUT2D eigenvalue weighted by Gasteiger charge is -2.32. The van der Waals surface area contributed by atoms with Crippen LogP contribution >= 0.6 is 11.5 Å². The van der Waals surface area contributed by atoms with E-state index in [0.717, 1.165) is 35.6 Å². The molecule has 1 aliphatic heterocycles. The van der Waals surface area contributed by atoms with Crippen LogP contribution in [0.25, 0.3) is 0 Å². The second-order valence-electron chi connectivity index (χ2n) is 9.33. The highest BCUT2D eigenvalue weighted by molar-refractivity contribution is 7.09. The van der Waals surface area contributed by atoms with Crippen molar-refractivity contribution in [3.63, 3.8) is 0 Å². The third-order valence-electron chi connectivity index (χ3n) is 6.43. The Bertz CT molecular complexity index is 1270. The van der Waals surface area contributed by atoms with Gasteiger partial charge in [0, 0.05) is 39.5 Å². The van der Waals surface area contributed by atoms with Gasteiger partial charge in [-0.05, 0) is 47.6 Å². The molecule has 3 amide bonds. The topological polar surface area (TPSA) is 144 Å². The van der Waals surface area contributed by atoms with Gasteiger partial charge in [-0.15, -0.1) is 0 Å². The molecule has 38 heavy (non-hydrogen) atoms. The molecule has 1 aliphatic rings. The third-order valence-corrected chi connectivity index (χ3v) is 7.28. The highest BCUT2D eigenvalue weighted by Crippen LogP contribution is 2.31. The van der Waals surface area contributed by atoms with Gasteiger partial charge < -0.3 is 31.3 Å². The first-order valence-corrected chi connectivity index (χ1v) is 13.1. The summed E-state index contributed by atoms with van der Waals surface area (Å²) < 4.78 is 9.67. The number of rotatable bonds is 10. The fourth-order valence-corrected chi connectivity index (χ4v) is 5.13. The number of nitrogens with zero attached hydrogens (tertiary/aromatic N) is 3. The Labute approximate surface area is 225 Å². The maximum atomic E-state index is 14.0. The van der Waals surface area contributed by atoms with Crippen molar-refractivity contribution in [1.82, 2.24) is 14.6 Å². The van der Waals surface area contributed by atoms with Gasteiger partial charge in [-0.1, -0.05) is 42.5 Å². The minimum atomic E-state index is -0.987. The van der Waals surface area contributed by atoms with Gasteiger partial charge in [0.2, 0.25) is 5.91 Å². The molecule has 0 unspecified atom stereocenters. The molecular formula is C27H32N6O4S. The van der Waals surface area contributed by atoms with E-state index in [9.17, 15) is 14.4 Å². The number of ether oxygens (including phenoxy) is 1. The molecule has 3 aromatic rings. The SMILES string of the molecule is CN(C)c1ccc([C@@H](C(=O)NC[C@@H]2CCCO2)N(Cc2ccccc2)C(=O)c2snc(C(N)=O)c2N)cc1. The van der Waals surface area contributed by atoms with Gasteiger partial charge in [-0.2, -0.15) is 4.37 Å². The van der Waals surface area contributed by atoms with Crippen molar-refractivity contribution in [1.29, 1.82) is 0 Å². The van der Waals surface area contributed by atoms with Gasteiger partial charge in [-0.3, -0.25) is 14.4 Å². The molecule has 1 saturated heterocycles. The molecule has 1 aromatic heterocycles. The molecule has 2 atom stereocenters. The first-order chi connectivity index (χ1) is 18.3. The predicted octanol–water partition coefficient (Wildman–Crippen LogP) is 2.57. The predicted molar refractivity (Wildman–Crippen MR) is 147 cm³/mol. The molecule has 11 heteroatoms. The number of nitrogen functional groups attached to an aromatic ring is 1. The molecule has 2 heterocycles. The highest BCUT2D eigenvalue weighted by Gasteiger charge is 2.35. The van der Waals surface area contributed by atoms with Gasteiger partial charge >= 0.3 is 0 Å². The summed E-state index contributed by atoms with van der Waals surface area (Å²) in [5.41, 5.74) is 13.7. The quantitative estimate of drug-likeness (QED) is 0.361. The molecular weight excluding hydrogens is 504 g/mol. The van der Waals surface area contributed by atoms with Crippen LogP contribution in [0.3, 0.4) is 0 Å². The van der Waals surface area contributed by atoms with Crippen molar-refractivity contribution in [2.45, 2.75) is 31.5 Å². The number of aromatic nitrogens is 1. The summed E-state index contributed by atoms with van der Waals surface area (Å²) in [6, 6.07) is 15.8. The molecule has 0 aliphatic carbocycles. The Balaban J connectivity index is 1.75. The number of nitrogens with two attached hydrogens (primary N) is 2. The molecule has 10 nitrogen and oxygen atoms in total. The third kappa shape index (κ3) is 6.12. The van der Waals surface area contributed by atoms with E-state index in [1.54, 1.807) is 0 Å². The van der Waals surface area contributed by atoms with E-state index >= 15 is 0 Å². The zero-order valence-electron chi connectivity index (χ0n) is 21.4. The maximum absolute atomic E-state index is 14.0. The van der Waals surface area contributed by atoms with Crippen molar-refractivity contribution in [2.75, 3.05) is 37.9 Å². The van der Waals surface area contributed by atoms with E-state index in [1.165, 1.54) is 4.90 Å². The van der Waals surface area contributed by atoms with Crippen molar-refractivity contribution in [3.8, 4) is 0 Å². The van der Waals surface area contributed by atoms with Crippen LogP contribution in [0.5, 0.6) is 0 Å². The van der Waals surface area contributed by atoms with Crippen molar-refractivity contribution >= 4 is 40.6 Å². The standard InChI is InChI=1S/C27H32N6O4S/c1-32(2)19-12-10-18(11-13-19)23(26(35)30-15-20-9-6-14-37-20)33(16-17-7-4-3-5-8-17)27(36)24-21(28)22(25(29)34)31-38-24/h3-5,7-8,10-13,20,23H,6,9,14-16,28H2,1-2H3,(H2,29,34)(H,30,35)/t20-,23-/m0/s1. The number of hydrogen-bond donors (Lipinski definition) is 3. The van der Waals surface area contributed by atoms with E-state index in [-0.39, 0.29) is 34.8 Å². The Morgan fingerprint density at radius 2 is 1.84 bits per heavy atom. The van der Waals surface area contributed by atoms with Crippen molar-refractivity contribution in [3.05, 3.63) is 76.3 Å². The Hall–Kier alpha value is -3.96. The van der Waals surface area contributed by atoms with Gasteiger partial charge in [0.1, 0.15) is 10.9 Å². The second kappa shape index (κ2) is 12.1. The fourth-order valence-electron chi connectivity index (χ4n) is 4.36. The number of carbonyl (C=O) groups is 3. The van der Waals surface area contributed by atoms with Crippen LogP contribution in [-0.2, 0) is 16.1 Å². The minimum Gasteiger partial charge on any atom is -0.395 e. The molecule has 5 N–H and O–H groups in total. The molecule has 1 fully saturated rings. The van der Waals surface area contributed by atoms with E-state index in [1.807, 2.05) is 73.6 Å². The number of hydrogen-bond acceptors (Lipinski definition) is 8. The lowest BCUT2D eigenvalue weighted by molar-refractivity contribution is -0.126. The zero-order valence-corrected chi connectivity index (χ0v) is 22.2. The average Bonchev–Trinajstić information content (AvgIpc) is 3.57. The van der Waals surface area contributed by atoms with Crippen LogP contribution in [0.15, 0.2) is 54.6 Å². The van der Waals surface area contributed by atoms with Crippen LogP contribution in [0.2, 0.25) is 0 Å². The van der Waals surface area contributed by atoms with Crippen molar-refractivity contribution in [2.24, 2.45) is 5.73 Å². The van der Waals surface area contributed by atoms with Gasteiger partial charge in [0.25, 0.3) is 11.8 Å². The molecule has 0 bridgehead atoms. The molecule has 2 aromatic carbocycles. The summed E-state index contributed by atoms with van der Waals surface area (Å²) in [7, 11) is 3.85. The Kier molecular flexibility index (Phi) is 8.59. The summed E-state index contributed by atoms with van der Waals surface area (Å²) in [6.45, 7) is 1.13. The lowest BCUT2D eigenvalue weighted by atomic mass is 10.0. The molecule has 0 spiro atoms. The van der Waals surface area contributed by atoms with Crippen LogP contribution in [-0.4, -0.2) is 60.3 Å². The van der Waals surface area contributed by atoms with Gasteiger partial charge in [0.05, 0.1) is 11.8 Å². The second-order valence-corrected chi connectivity index (χ2v) is 10.1. The van der Waals surface area contributed by atoms with Crippen LogP contribution in [0.4, 0.5) is 11.4 Å².